The third-order valence-corrected chi connectivity index (χ3v) is 12.4. The van der Waals surface area contributed by atoms with Gasteiger partial charge in [0.2, 0.25) is 11.7 Å². The molecule has 0 radical (unpaired) electrons. The van der Waals surface area contributed by atoms with Gasteiger partial charge in [0.25, 0.3) is 5.69 Å². The number of allylic oxidation sites excluding steroid dienone is 1. The van der Waals surface area contributed by atoms with Crippen molar-refractivity contribution < 1.29 is 39.0 Å². The lowest BCUT2D eigenvalue weighted by Gasteiger charge is -2.59. The number of carbonyl (C=O) groups is 1. The number of non-ortho nitro benzene ring substituents is 1. The molecule has 0 bridgehead atoms. The molecule has 6 atom stereocenters. The number of fused-ring (bicyclic) bond motifs is 2. The van der Waals surface area contributed by atoms with Gasteiger partial charge in [0, 0.05) is 50.7 Å². The standard InChI is InChI=1S/C46H63N3O9/c1-6-26-55-46-41(48(5)42(52)23-20-31-14-7-8-15-31)30-39(47-58-45(2,3)4)37-27-32(16-9-11-24-50)36(19-10-12-25-51)43(44(37)46)38-29-35(21-22-40(38)57-46)56-34-18-13-17-33(28-34)49(53)54/h6,13,17-18,21-22,27-29,31-32,36,41,43-44,50-51H,1,7-12,14-16,19-20,23-26,30H2,2-5H3. The topological polar surface area (TPSA) is 153 Å². The summed E-state index contributed by atoms with van der Waals surface area (Å²) in [5.41, 5.74) is 1.98. The minimum Gasteiger partial charge on any atom is -0.459 e. The zero-order valence-corrected chi connectivity index (χ0v) is 34.8. The molecule has 316 valence electrons. The number of aliphatic hydroxyl groups excluding tert-OH is 2. The van der Waals surface area contributed by atoms with E-state index in [1.807, 2.05) is 44.9 Å². The van der Waals surface area contributed by atoms with Crippen molar-refractivity contribution in [3.05, 3.63) is 82.4 Å². The number of likely N-dealkylation sites (N-methyl/N-ethyl adjacent to an activating group) is 1. The number of nitro groups is 1. The molecule has 58 heavy (non-hydrogen) atoms. The molecule has 0 aromatic heterocycles. The maximum absolute atomic E-state index is 14.3. The van der Waals surface area contributed by atoms with Crippen LogP contribution in [0, 0.1) is 33.8 Å². The largest absolute Gasteiger partial charge is 0.459 e. The number of aliphatic hydroxyl groups is 2. The first-order valence-electron chi connectivity index (χ1n) is 21.3. The molecular formula is C46H63N3O9. The molecule has 2 N–H and O–H groups in total. The number of hydrogen-bond acceptors (Lipinski definition) is 10. The van der Waals surface area contributed by atoms with Crippen molar-refractivity contribution in [1.29, 1.82) is 0 Å². The van der Waals surface area contributed by atoms with E-state index in [-0.39, 0.29) is 49.2 Å². The van der Waals surface area contributed by atoms with Crippen LogP contribution in [0.25, 0.3) is 0 Å². The van der Waals surface area contributed by atoms with Crippen LogP contribution in [0.4, 0.5) is 5.69 Å². The van der Waals surface area contributed by atoms with Gasteiger partial charge < -0.3 is 34.2 Å². The Morgan fingerprint density at radius 3 is 2.47 bits per heavy atom. The molecule has 2 fully saturated rings. The number of hydrogen-bond donors (Lipinski definition) is 2. The highest BCUT2D eigenvalue weighted by molar-refractivity contribution is 6.03. The fourth-order valence-electron chi connectivity index (χ4n) is 9.76. The highest BCUT2D eigenvalue weighted by Crippen LogP contribution is 2.62. The summed E-state index contributed by atoms with van der Waals surface area (Å²) >= 11 is 0. The van der Waals surface area contributed by atoms with E-state index in [1.165, 1.54) is 25.0 Å². The Labute approximate surface area is 343 Å². The monoisotopic (exact) mass is 801 g/mol. The van der Waals surface area contributed by atoms with Crippen molar-refractivity contribution in [1.82, 2.24) is 4.90 Å². The lowest BCUT2D eigenvalue weighted by molar-refractivity contribution is -0.384. The zero-order valence-electron chi connectivity index (χ0n) is 34.8. The molecule has 0 saturated heterocycles. The van der Waals surface area contributed by atoms with Gasteiger partial charge in [-0.2, -0.15) is 0 Å². The Morgan fingerprint density at radius 2 is 1.78 bits per heavy atom. The van der Waals surface area contributed by atoms with Crippen molar-refractivity contribution in [2.24, 2.45) is 28.8 Å². The number of carbonyl (C=O) groups excluding carboxylic acids is 1. The number of oxime groups is 1. The molecule has 1 aliphatic heterocycles. The predicted molar refractivity (Wildman–Crippen MR) is 223 cm³/mol. The highest BCUT2D eigenvalue weighted by Gasteiger charge is 2.65. The van der Waals surface area contributed by atoms with Crippen molar-refractivity contribution in [2.75, 3.05) is 26.9 Å². The summed E-state index contributed by atoms with van der Waals surface area (Å²) in [6.07, 6.45) is 15.0. The molecule has 4 aliphatic rings. The molecule has 3 aliphatic carbocycles. The molecule has 0 spiro atoms. The van der Waals surface area contributed by atoms with E-state index in [1.54, 1.807) is 24.3 Å². The van der Waals surface area contributed by atoms with E-state index >= 15 is 0 Å². The molecule has 6 unspecified atom stereocenters. The van der Waals surface area contributed by atoms with Crippen LogP contribution in [0.3, 0.4) is 0 Å². The van der Waals surface area contributed by atoms with Crippen LogP contribution in [-0.4, -0.2) is 76.0 Å². The van der Waals surface area contributed by atoms with Crippen LogP contribution < -0.4 is 9.47 Å². The van der Waals surface area contributed by atoms with E-state index in [4.69, 9.17) is 24.2 Å². The maximum atomic E-state index is 14.3. The van der Waals surface area contributed by atoms with Crippen LogP contribution in [-0.2, 0) is 14.4 Å². The Morgan fingerprint density at radius 1 is 1.05 bits per heavy atom. The molecule has 2 saturated carbocycles. The number of nitrogens with zero attached hydrogens (tertiary/aromatic N) is 3. The molecule has 2 aromatic carbocycles. The SMILES string of the molecule is C=CCOC12Oc3ccc(Oc4cccc([N+](=O)[O-])c4)cc3C3C(CCCCO)C(CCCCO)C=C(C(=NOC(C)(C)C)CC1N(C)C(=O)CCC1CCCC1)C32. The minimum absolute atomic E-state index is 0.0332. The van der Waals surface area contributed by atoms with E-state index in [9.17, 15) is 25.1 Å². The number of benzene rings is 2. The number of rotatable bonds is 19. The molecule has 6 rings (SSSR count). The number of unbranched alkanes of at least 4 members (excludes halogenated alkanes) is 2. The lowest BCUT2D eigenvalue weighted by Crippen LogP contribution is -2.69. The van der Waals surface area contributed by atoms with Gasteiger partial charge >= 0.3 is 0 Å². The highest BCUT2D eigenvalue weighted by atomic mass is 16.7. The van der Waals surface area contributed by atoms with Gasteiger partial charge in [-0.15, -0.1) is 6.58 Å². The fraction of sp³-hybridized carbons (Fsp3) is 0.609. The lowest BCUT2D eigenvalue weighted by atomic mass is 9.55. The van der Waals surface area contributed by atoms with E-state index in [2.05, 4.69) is 12.7 Å². The van der Waals surface area contributed by atoms with Crippen molar-refractivity contribution >= 4 is 17.3 Å². The van der Waals surface area contributed by atoms with Crippen LogP contribution in [0.5, 0.6) is 17.2 Å². The third-order valence-electron chi connectivity index (χ3n) is 12.4. The maximum Gasteiger partial charge on any atom is 0.273 e. The zero-order chi connectivity index (χ0) is 41.5. The summed E-state index contributed by atoms with van der Waals surface area (Å²) in [6, 6.07) is 11.2. The Kier molecular flexibility index (Phi) is 14.3. The molecule has 2 aromatic rings. The average molecular weight is 802 g/mol. The first kappa shape index (κ1) is 43.3. The molecular weight excluding hydrogens is 739 g/mol. The van der Waals surface area contributed by atoms with Crippen molar-refractivity contribution in [3.63, 3.8) is 0 Å². The predicted octanol–water partition coefficient (Wildman–Crippen LogP) is 9.25. The minimum atomic E-state index is -1.33. The molecule has 1 heterocycles. The second kappa shape index (κ2) is 19.2. The first-order valence-corrected chi connectivity index (χ1v) is 21.3. The Hall–Kier alpha value is -4.26. The summed E-state index contributed by atoms with van der Waals surface area (Å²) in [6.45, 7) is 10.3. The smallest absolute Gasteiger partial charge is 0.273 e. The van der Waals surface area contributed by atoms with Gasteiger partial charge in [-0.05, 0) is 100 Å². The summed E-state index contributed by atoms with van der Waals surface area (Å²) in [5.74, 6) is 0.184. The Balaban J connectivity index is 1.53. The van der Waals surface area contributed by atoms with Crippen LogP contribution >= 0.6 is 0 Å². The quantitative estimate of drug-likeness (QED) is 0.0613. The summed E-state index contributed by atoms with van der Waals surface area (Å²) < 4.78 is 20.6. The van der Waals surface area contributed by atoms with Gasteiger partial charge in [0.1, 0.15) is 28.9 Å². The van der Waals surface area contributed by atoms with Crippen LogP contribution in [0.1, 0.15) is 116 Å². The summed E-state index contributed by atoms with van der Waals surface area (Å²) in [7, 11) is 1.86. The van der Waals surface area contributed by atoms with Gasteiger partial charge in [0.15, 0.2) is 0 Å². The normalized spacial score (nSPS) is 25.9. The number of nitro benzene ring substituents is 1. The molecule has 12 nitrogen and oxygen atoms in total. The fourth-order valence-corrected chi connectivity index (χ4v) is 9.76. The van der Waals surface area contributed by atoms with Crippen molar-refractivity contribution in [2.45, 2.75) is 128 Å². The first-order chi connectivity index (χ1) is 27.9. The number of amides is 1. The summed E-state index contributed by atoms with van der Waals surface area (Å²) in [5, 5.41) is 36.2. The van der Waals surface area contributed by atoms with Crippen LogP contribution in [0.15, 0.2) is 71.9 Å². The average Bonchev–Trinajstić information content (AvgIpc) is 3.73. The second-order valence-corrected chi connectivity index (χ2v) is 17.5. The summed E-state index contributed by atoms with van der Waals surface area (Å²) in [4.78, 5) is 33.5. The number of ether oxygens (including phenoxy) is 3. The van der Waals surface area contributed by atoms with Gasteiger partial charge in [-0.1, -0.05) is 61.9 Å². The third kappa shape index (κ3) is 9.77. The van der Waals surface area contributed by atoms with Crippen LogP contribution in [0.2, 0.25) is 0 Å². The van der Waals surface area contributed by atoms with E-state index < -0.39 is 28.3 Å². The van der Waals surface area contributed by atoms with E-state index in [0.29, 0.717) is 48.8 Å². The van der Waals surface area contributed by atoms with Gasteiger partial charge in [-0.25, -0.2) is 0 Å². The van der Waals surface area contributed by atoms with Crippen molar-refractivity contribution in [3.8, 4) is 17.2 Å². The Bertz CT molecular complexity index is 1820. The van der Waals surface area contributed by atoms with Gasteiger partial charge in [-0.3, -0.25) is 14.9 Å². The molecule has 1 amide bonds. The van der Waals surface area contributed by atoms with E-state index in [0.717, 1.165) is 61.8 Å². The molecule has 12 heteroatoms. The second-order valence-electron chi connectivity index (χ2n) is 17.5. The van der Waals surface area contributed by atoms with Gasteiger partial charge in [0.05, 0.1) is 29.2 Å².